The van der Waals surface area contributed by atoms with E-state index in [9.17, 15) is 24.3 Å². The Hall–Kier alpha value is -6.63. The quantitative estimate of drug-likeness (QED) is 0.0302. The Labute approximate surface area is 492 Å². The van der Waals surface area contributed by atoms with Crippen molar-refractivity contribution in [1.82, 2.24) is 35.2 Å². The van der Waals surface area contributed by atoms with E-state index in [0.29, 0.717) is 73.9 Å². The summed E-state index contributed by atoms with van der Waals surface area (Å²) in [6.45, 7) is 9.87. The van der Waals surface area contributed by atoms with Crippen LogP contribution >= 0.6 is 0 Å². The van der Waals surface area contributed by atoms with Crippen molar-refractivity contribution in [2.24, 2.45) is 17.3 Å². The highest BCUT2D eigenvalue weighted by molar-refractivity contribution is 6.09. The third-order valence-corrected chi connectivity index (χ3v) is 16.2. The number of anilines is 2. The summed E-state index contributed by atoms with van der Waals surface area (Å²) in [5.74, 6) is -0.456. The highest BCUT2D eigenvalue weighted by Gasteiger charge is 2.35. The van der Waals surface area contributed by atoms with Crippen LogP contribution in [0.25, 0.3) is 0 Å². The number of carbonyl (C=O) groups is 5. The van der Waals surface area contributed by atoms with Gasteiger partial charge in [-0.1, -0.05) is 102 Å². The summed E-state index contributed by atoms with van der Waals surface area (Å²) in [5, 5.41) is 39.2. The third-order valence-electron chi connectivity index (χ3n) is 16.2. The number of rotatable bonds is 42. The zero-order valence-electron chi connectivity index (χ0n) is 50.1. The summed E-state index contributed by atoms with van der Waals surface area (Å²) in [7, 11) is 1.65. The van der Waals surface area contributed by atoms with Gasteiger partial charge in [0.25, 0.3) is 5.91 Å². The number of nitrogens with zero attached hydrogens (tertiary/aromatic N) is 8. The summed E-state index contributed by atoms with van der Waals surface area (Å²) < 4.78 is 13.9. The molecule has 456 valence electrons. The van der Waals surface area contributed by atoms with Gasteiger partial charge in [0.2, 0.25) is 11.8 Å². The molecule has 0 radical (unpaired) electrons. The number of benzene rings is 1. The van der Waals surface area contributed by atoms with Gasteiger partial charge in [0.05, 0.1) is 50.2 Å². The number of aromatic nitrogens is 5. The molecule has 0 spiro atoms. The van der Waals surface area contributed by atoms with Gasteiger partial charge in [0, 0.05) is 75.9 Å². The fourth-order valence-corrected chi connectivity index (χ4v) is 11.4. The molecule has 2 aliphatic rings. The molecule has 6 rings (SSSR count). The van der Waals surface area contributed by atoms with E-state index in [2.05, 4.69) is 45.6 Å². The normalized spacial score (nSPS) is 14.2. The summed E-state index contributed by atoms with van der Waals surface area (Å²) >= 11 is 0. The van der Waals surface area contributed by atoms with Crippen molar-refractivity contribution in [3.05, 3.63) is 83.4 Å². The second-order valence-electron chi connectivity index (χ2n) is 24.0. The lowest BCUT2D eigenvalue weighted by molar-refractivity contribution is -0.142. The van der Waals surface area contributed by atoms with Gasteiger partial charge >= 0.3 is 17.9 Å². The SMILES string of the molecule is COc1ccc(C(=O)N(CC(C)(C)CCCCCCn2cc(CCCCCCCCCCCCCC(=O)NCCCN(CC(=O)O)CC(=O)O)nn2)c2cccc(C)n2)c(N2CCC(COc3cc([C@@H](CC(=O)O)C4CC4)ccn3)CC2)c1. The van der Waals surface area contributed by atoms with Crippen LogP contribution in [-0.2, 0) is 32.1 Å². The van der Waals surface area contributed by atoms with E-state index in [1.807, 2.05) is 65.0 Å². The average Bonchev–Trinajstić information content (AvgIpc) is 4.10. The molecule has 0 unspecified atom stereocenters. The fraction of sp³-hybridized carbons (Fsp3) is 0.641. The van der Waals surface area contributed by atoms with Crippen molar-refractivity contribution in [1.29, 1.82) is 0 Å². The fourth-order valence-electron chi connectivity index (χ4n) is 11.4. The molecule has 1 aromatic carbocycles. The van der Waals surface area contributed by atoms with Crippen LogP contribution in [0, 0.1) is 24.2 Å². The van der Waals surface area contributed by atoms with Gasteiger partial charge in [-0.3, -0.25) is 38.5 Å². The molecular formula is C64H95N9O10. The molecule has 19 nitrogen and oxygen atoms in total. The molecule has 4 N–H and O–H groups in total. The predicted octanol–water partition coefficient (Wildman–Crippen LogP) is 11.2. The van der Waals surface area contributed by atoms with Crippen molar-refractivity contribution in [2.45, 2.75) is 187 Å². The number of nitrogens with one attached hydrogen (secondary N) is 1. The highest BCUT2D eigenvalue weighted by atomic mass is 16.5. The van der Waals surface area contributed by atoms with E-state index in [1.165, 1.54) is 49.8 Å². The van der Waals surface area contributed by atoms with Crippen LogP contribution in [0.5, 0.6) is 11.6 Å². The maximum absolute atomic E-state index is 15.0. The number of aryl methyl sites for hydroxylation is 3. The molecule has 1 aliphatic heterocycles. The number of unbranched alkanes of at least 4 members (excludes halogenated alkanes) is 13. The standard InChI is InChI=1S/C64H95N9O10/c1-48-22-20-24-57(67-48)73(63(81)54-29-28-53(82-4)41-56(54)71-38-31-49(32-39-71)46-83-59-40-51(30-35-66-59)55(42-60(75)76)50-26-27-50)47-64(2,3)33-18-14-15-19-37-72-43-52(68-69-72)23-16-12-10-8-6-5-7-9-11-13-17-25-58(74)65-34-21-36-70(44-61(77)78)45-62(79)80/h20,22,24,28-30,35,40-41,43,49-50,55H,5-19,21,23,25-27,31-34,36-39,42,44-47H2,1-4H3,(H,65,74)(H,75,76)(H,77,78)(H,79,80)/t55-/m0/s1. The molecular weight excluding hydrogens is 1050 g/mol. The lowest BCUT2D eigenvalue weighted by Crippen LogP contribution is -2.41. The van der Waals surface area contributed by atoms with E-state index in [4.69, 9.17) is 24.7 Å². The van der Waals surface area contributed by atoms with Crippen molar-refractivity contribution < 1.29 is 48.8 Å². The number of aliphatic carboxylic acids is 3. The largest absolute Gasteiger partial charge is 0.497 e. The lowest BCUT2D eigenvalue weighted by Gasteiger charge is -2.36. The first kappa shape index (κ1) is 65.5. The van der Waals surface area contributed by atoms with E-state index in [1.54, 1.807) is 13.3 Å². The van der Waals surface area contributed by atoms with E-state index in [0.717, 1.165) is 132 Å². The Balaban J connectivity index is 0.840. The Morgan fingerprint density at radius 1 is 0.783 bits per heavy atom. The molecule has 4 heterocycles. The molecule has 83 heavy (non-hydrogen) atoms. The van der Waals surface area contributed by atoms with Crippen LogP contribution in [-0.4, -0.2) is 134 Å². The number of piperidine rings is 1. The predicted molar refractivity (Wildman–Crippen MR) is 321 cm³/mol. The van der Waals surface area contributed by atoms with E-state index in [-0.39, 0.29) is 42.7 Å². The number of carbonyl (C=O) groups excluding carboxylic acids is 2. The molecule has 1 saturated heterocycles. The van der Waals surface area contributed by atoms with Gasteiger partial charge in [-0.15, -0.1) is 5.10 Å². The summed E-state index contributed by atoms with van der Waals surface area (Å²) in [6.07, 6.45) is 27.6. The van der Waals surface area contributed by atoms with Gasteiger partial charge in [-0.2, -0.15) is 0 Å². The molecule has 1 atom stereocenters. The molecule has 4 aromatic rings. The molecule has 0 bridgehead atoms. The maximum Gasteiger partial charge on any atom is 0.317 e. The topological polar surface area (TPSA) is 243 Å². The number of pyridine rings is 2. The maximum atomic E-state index is 15.0. The molecule has 2 amide bonds. The Kier molecular flexibility index (Phi) is 27.5. The zero-order valence-corrected chi connectivity index (χ0v) is 50.1. The van der Waals surface area contributed by atoms with Crippen LogP contribution in [0.3, 0.4) is 0 Å². The van der Waals surface area contributed by atoms with Crippen LogP contribution in [0.1, 0.15) is 195 Å². The molecule has 3 aromatic heterocycles. The monoisotopic (exact) mass is 1150 g/mol. The first-order valence-corrected chi connectivity index (χ1v) is 30.9. The van der Waals surface area contributed by atoms with E-state index >= 15 is 4.79 Å². The number of ether oxygens (including phenoxy) is 2. The highest BCUT2D eigenvalue weighted by Crippen LogP contribution is 2.45. The Morgan fingerprint density at radius 2 is 1.46 bits per heavy atom. The van der Waals surface area contributed by atoms with Crippen molar-refractivity contribution in [3.63, 3.8) is 0 Å². The molecule has 2 fully saturated rings. The summed E-state index contributed by atoms with van der Waals surface area (Å²) in [5.41, 5.74) is 4.19. The van der Waals surface area contributed by atoms with Gasteiger partial charge < -0.3 is 35.0 Å². The molecule has 1 aliphatic carbocycles. The van der Waals surface area contributed by atoms with Gasteiger partial charge in [-0.05, 0) is 130 Å². The van der Waals surface area contributed by atoms with Crippen LogP contribution < -0.4 is 24.6 Å². The van der Waals surface area contributed by atoms with Crippen molar-refractivity contribution >= 4 is 41.2 Å². The third kappa shape index (κ3) is 24.2. The van der Waals surface area contributed by atoms with Crippen LogP contribution in [0.4, 0.5) is 11.5 Å². The minimum absolute atomic E-state index is 0.0151. The van der Waals surface area contributed by atoms with Crippen LogP contribution in [0.15, 0.2) is 60.9 Å². The van der Waals surface area contributed by atoms with Gasteiger partial charge in [0.15, 0.2) is 0 Å². The second kappa shape index (κ2) is 34.8. The number of carboxylic acid groups (broad SMARTS) is 3. The van der Waals surface area contributed by atoms with Gasteiger partial charge in [-0.25, -0.2) is 9.97 Å². The average molecular weight is 1150 g/mol. The first-order valence-electron chi connectivity index (χ1n) is 30.9. The van der Waals surface area contributed by atoms with Crippen LogP contribution in [0.2, 0.25) is 0 Å². The minimum atomic E-state index is -1.07. The van der Waals surface area contributed by atoms with Crippen molar-refractivity contribution in [3.8, 4) is 11.6 Å². The Bertz CT molecular complexity index is 2620. The number of carboxylic acids is 3. The minimum Gasteiger partial charge on any atom is -0.497 e. The number of hydrogen-bond acceptors (Lipinski definition) is 13. The van der Waals surface area contributed by atoms with Gasteiger partial charge in [0.1, 0.15) is 11.6 Å². The lowest BCUT2D eigenvalue weighted by atomic mass is 9.86. The second-order valence-corrected chi connectivity index (χ2v) is 24.0. The van der Waals surface area contributed by atoms with Crippen molar-refractivity contribution in [2.75, 3.05) is 69.3 Å². The zero-order chi connectivity index (χ0) is 59.4. The number of hydrogen-bond donors (Lipinski definition) is 4. The Morgan fingerprint density at radius 3 is 2.12 bits per heavy atom. The summed E-state index contributed by atoms with van der Waals surface area (Å²) in [6, 6.07) is 15.5. The number of methoxy groups -OCH3 is 1. The van der Waals surface area contributed by atoms with E-state index < -0.39 is 17.9 Å². The smallest absolute Gasteiger partial charge is 0.317 e. The molecule has 19 heteroatoms. The number of amides is 2. The molecule has 1 saturated carbocycles. The summed E-state index contributed by atoms with van der Waals surface area (Å²) in [4.78, 5) is 75.5. The first-order chi connectivity index (χ1) is 40.0.